The summed E-state index contributed by atoms with van der Waals surface area (Å²) in [6, 6.07) is 20.8. The van der Waals surface area contributed by atoms with Crippen molar-refractivity contribution >= 4 is 26.7 Å². The number of sulfonamides is 1. The molecule has 6 heteroatoms. The lowest BCUT2D eigenvalue weighted by Crippen LogP contribution is -2.45. The van der Waals surface area contributed by atoms with E-state index in [9.17, 15) is 13.2 Å². The summed E-state index contributed by atoms with van der Waals surface area (Å²) in [7, 11) is -3.81. The summed E-state index contributed by atoms with van der Waals surface area (Å²) >= 11 is 0. The minimum atomic E-state index is -3.81. The van der Waals surface area contributed by atoms with Crippen molar-refractivity contribution in [3.05, 3.63) is 78.4 Å². The molecule has 0 radical (unpaired) electrons. The van der Waals surface area contributed by atoms with Crippen LogP contribution in [-0.2, 0) is 14.8 Å². The van der Waals surface area contributed by atoms with Crippen molar-refractivity contribution in [2.75, 3.05) is 0 Å². The Morgan fingerprint density at radius 3 is 2.19 bits per heavy atom. The number of benzene rings is 3. The SMILES string of the molecule is C[C@H](NS(=O)(=O)c1ccc2ccccc2c1)C(=O)N[C@@H](C)c1ccccc1. The summed E-state index contributed by atoms with van der Waals surface area (Å²) in [6.07, 6.45) is 0. The Morgan fingerprint density at radius 2 is 1.48 bits per heavy atom. The lowest BCUT2D eigenvalue weighted by atomic mass is 10.1. The van der Waals surface area contributed by atoms with Gasteiger partial charge in [0.05, 0.1) is 17.0 Å². The molecule has 1 amide bonds. The fourth-order valence-corrected chi connectivity index (χ4v) is 4.09. The average molecular weight is 382 g/mol. The molecule has 0 aromatic heterocycles. The number of hydrogen-bond acceptors (Lipinski definition) is 3. The first-order valence-electron chi connectivity index (χ1n) is 8.73. The molecule has 140 valence electrons. The first kappa shape index (κ1) is 19.1. The Labute approximate surface area is 159 Å². The summed E-state index contributed by atoms with van der Waals surface area (Å²) < 4.78 is 27.8. The molecule has 5 nitrogen and oxygen atoms in total. The Morgan fingerprint density at radius 1 is 0.852 bits per heavy atom. The molecular formula is C21H22N2O3S. The van der Waals surface area contributed by atoms with Crippen LogP contribution in [0.25, 0.3) is 10.8 Å². The van der Waals surface area contributed by atoms with Gasteiger partial charge in [0.2, 0.25) is 15.9 Å². The number of amides is 1. The van der Waals surface area contributed by atoms with Gasteiger partial charge in [-0.25, -0.2) is 8.42 Å². The topological polar surface area (TPSA) is 75.3 Å². The highest BCUT2D eigenvalue weighted by Gasteiger charge is 2.23. The largest absolute Gasteiger partial charge is 0.348 e. The molecule has 2 N–H and O–H groups in total. The lowest BCUT2D eigenvalue weighted by Gasteiger charge is -2.19. The minimum absolute atomic E-state index is 0.136. The molecule has 2 atom stereocenters. The van der Waals surface area contributed by atoms with Gasteiger partial charge in [0.15, 0.2) is 0 Å². The van der Waals surface area contributed by atoms with Crippen molar-refractivity contribution < 1.29 is 13.2 Å². The van der Waals surface area contributed by atoms with Crippen molar-refractivity contribution in [2.45, 2.75) is 30.8 Å². The van der Waals surface area contributed by atoms with Crippen LogP contribution < -0.4 is 10.0 Å². The molecule has 0 aliphatic carbocycles. The summed E-state index contributed by atoms with van der Waals surface area (Å²) in [4.78, 5) is 12.5. The quantitative estimate of drug-likeness (QED) is 0.686. The maximum Gasteiger partial charge on any atom is 0.241 e. The van der Waals surface area contributed by atoms with Gasteiger partial charge in [-0.15, -0.1) is 0 Å². The van der Waals surface area contributed by atoms with E-state index >= 15 is 0 Å². The van der Waals surface area contributed by atoms with Gasteiger partial charge in [-0.05, 0) is 42.3 Å². The van der Waals surface area contributed by atoms with E-state index in [1.807, 2.05) is 61.5 Å². The first-order chi connectivity index (χ1) is 12.9. The molecule has 0 saturated heterocycles. The predicted octanol–water partition coefficient (Wildman–Crippen LogP) is 3.38. The van der Waals surface area contributed by atoms with Crippen molar-refractivity contribution in [2.24, 2.45) is 0 Å². The number of carbonyl (C=O) groups excluding carboxylic acids is 1. The van der Waals surface area contributed by atoms with E-state index in [0.717, 1.165) is 16.3 Å². The summed E-state index contributed by atoms with van der Waals surface area (Å²) in [5.41, 5.74) is 0.954. The fourth-order valence-electron chi connectivity index (χ4n) is 2.85. The van der Waals surface area contributed by atoms with Crippen LogP contribution in [0.4, 0.5) is 0 Å². The van der Waals surface area contributed by atoms with Gasteiger partial charge >= 0.3 is 0 Å². The summed E-state index contributed by atoms with van der Waals surface area (Å²) in [5, 5.41) is 4.62. The first-order valence-corrected chi connectivity index (χ1v) is 10.2. The molecular weight excluding hydrogens is 360 g/mol. The van der Waals surface area contributed by atoms with Crippen molar-refractivity contribution in [1.82, 2.24) is 10.0 Å². The van der Waals surface area contributed by atoms with Gasteiger partial charge in [-0.1, -0.05) is 60.7 Å². The Kier molecular flexibility index (Phi) is 5.58. The maximum atomic E-state index is 12.7. The molecule has 0 fully saturated rings. The molecule has 0 saturated carbocycles. The summed E-state index contributed by atoms with van der Waals surface area (Å²) in [6.45, 7) is 3.39. The standard InChI is InChI=1S/C21H22N2O3S/c1-15(17-8-4-3-5-9-17)22-21(24)16(2)23-27(25,26)20-13-12-18-10-6-7-11-19(18)14-20/h3-16,23H,1-2H3,(H,22,24)/t15-,16-/m0/s1. The Bertz CT molecular complexity index is 1050. The number of rotatable bonds is 6. The lowest BCUT2D eigenvalue weighted by molar-refractivity contribution is -0.123. The third kappa shape index (κ3) is 4.53. The molecule has 0 aliphatic rings. The van der Waals surface area contributed by atoms with E-state index < -0.39 is 16.1 Å². The molecule has 3 aromatic rings. The number of fused-ring (bicyclic) bond motifs is 1. The van der Waals surface area contributed by atoms with Crippen molar-refractivity contribution in [1.29, 1.82) is 0 Å². The molecule has 0 unspecified atom stereocenters. The number of nitrogens with one attached hydrogen (secondary N) is 2. The van der Waals surface area contributed by atoms with Crippen LogP contribution in [0.5, 0.6) is 0 Å². The third-order valence-electron chi connectivity index (χ3n) is 4.41. The zero-order chi connectivity index (χ0) is 19.4. The van der Waals surface area contributed by atoms with E-state index in [0.29, 0.717) is 0 Å². The van der Waals surface area contributed by atoms with Crippen LogP contribution in [0.2, 0.25) is 0 Å². The van der Waals surface area contributed by atoms with E-state index in [2.05, 4.69) is 10.0 Å². The zero-order valence-corrected chi connectivity index (χ0v) is 16.0. The second-order valence-electron chi connectivity index (χ2n) is 6.49. The molecule has 0 spiro atoms. The zero-order valence-electron chi connectivity index (χ0n) is 15.2. The minimum Gasteiger partial charge on any atom is -0.348 e. The van der Waals surface area contributed by atoms with Crippen molar-refractivity contribution in [3.8, 4) is 0 Å². The van der Waals surface area contributed by atoms with Crippen LogP contribution in [0.1, 0.15) is 25.5 Å². The van der Waals surface area contributed by atoms with E-state index in [-0.39, 0.29) is 16.8 Å². The highest BCUT2D eigenvalue weighted by Crippen LogP contribution is 2.19. The van der Waals surface area contributed by atoms with Crippen LogP contribution in [-0.4, -0.2) is 20.4 Å². The fraction of sp³-hybridized carbons (Fsp3) is 0.190. The normalized spacial score (nSPS) is 13.9. The van der Waals surface area contributed by atoms with Crippen LogP contribution in [0, 0.1) is 0 Å². The summed E-state index contributed by atoms with van der Waals surface area (Å²) in [5.74, 6) is -0.379. The number of hydrogen-bond donors (Lipinski definition) is 2. The average Bonchev–Trinajstić information content (AvgIpc) is 2.67. The maximum absolute atomic E-state index is 12.7. The highest BCUT2D eigenvalue weighted by atomic mass is 32.2. The van der Waals surface area contributed by atoms with E-state index in [1.165, 1.54) is 6.92 Å². The van der Waals surface area contributed by atoms with E-state index in [1.54, 1.807) is 18.2 Å². The van der Waals surface area contributed by atoms with Gasteiger partial charge < -0.3 is 5.32 Å². The molecule has 0 aliphatic heterocycles. The van der Waals surface area contributed by atoms with Crippen LogP contribution in [0.15, 0.2) is 77.7 Å². The molecule has 0 bridgehead atoms. The monoisotopic (exact) mass is 382 g/mol. The third-order valence-corrected chi connectivity index (χ3v) is 5.95. The molecule has 27 heavy (non-hydrogen) atoms. The predicted molar refractivity (Wildman–Crippen MR) is 107 cm³/mol. The smallest absolute Gasteiger partial charge is 0.241 e. The van der Waals surface area contributed by atoms with Gasteiger partial charge in [-0.3, -0.25) is 4.79 Å². The Balaban J connectivity index is 1.71. The highest BCUT2D eigenvalue weighted by molar-refractivity contribution is 7.89. The van der Waals surface area contributed by atoms with Crippen molar-refractivity contribution in [3.63, 3.8) is 0 Å². The molecule has 3 rings (SSSR count). The van der Waals surface area contributed by atoms with Gasteiger partial charge in [0.1, 0.15) is 0 Å². The second kappa shape index (κ2) is 7.90. The number of carbonyl (C=O) groups is 1. The molecule has 0 heterocycles. The van der Waals surface area contributed by atoms with Gasteiger partial charge in [0, 0.05) is 0 Å². The second-order valence-corrected chi connectivity index (χ2v) is 8.21. The molecule has 3 aromatic carbocycles. The van der Waals surface area contributed by atoms with Crippen LogP contribution >= 0.6 is 0 Å². The van der Waals surface area contributed by atoms with Crippen LogP contribution in [0.3, 0.4) is 0 Å². The van der Waals surface area contributed by atoms with E-state index in [4.69, 9.17) is 0 Å². The Hall–Kier alpha value is -2.70. The van der Waals surface area contributed by atoms with Gasteiger partial charge in [0.25, 0.3) is 0 Å². The van der Waals surface area contributed by atoms with Gasteiger partial charge in [-0.2, -0.15) is 4.72 Å².